The van der Waals surface area contributed by atoms with Crippen LogP contribution in [-0.2, 0) is 4.74 Å². The summed E-state index contributed by atoms with van der Waals surface area (Å²) in [5.41, 5.74) is 0.667. The van der Waals surface area contributed by atoms with Crippen molar-refractivity contribution in [3.8, 4) is 0 Å². The number of aliphatic hydroxyl groups is 1. The Bertz CT molecular complexity index is 503. The summed E-state index contributed by atoms with van der Waals surface area (Å²) in [6, 6.07) is 5.93. The van der Waals surface area contributed by atoms with Gasteiger partial charge in [0.15, 0.2) is 0 Å². The van der Waals surface area contributed by atoms with E-state index in [1.807, 2.05) is 0 Å². The Morgan fingerprint density at radius 3 is 2.62 bits per heavy atom. The Kier molecular flexibility index (Phi) is 5.92. The van der Waals surface area contributed by atoms with Crippen molar-refractivity contribution >= 4 is 34.0 Å². The van der Waals surface area contributed by atoms with Crippen molar-refractivity contribution in [2.45, 2.75) is 6.10 Å². The van der Waals surface area contributed by atoms with Gasteiger partial charge in [-0.3, -0.25) is 10.1 Å². The van der Waals surface area contributed by atoms with E-state index in [1.165, 1.54) is 23.9 Å². The van der Waals surface area contributed by atoms with Crippen LogP contribution >= 0.6 is 24.0 Å². The average molecular weight is 328 g/mol. The first kappa shape index (κ1) is 16.2. The van der Waals surface area contributed by atoms with E-state index >= 15 is 0 Å². The molecule has 1 saturated heterocycles. The number of hydrogen-bond donors (Lipinski definition) is 1. The van der Waals surface area contributed by atoms with Gasteiger partial charge in [0.05, 0.1) is 24.2 Å². The van der Waals surface area contributed by atoms with Crippen LogP contribution in [0, 0.1) is 10.1 Å². The summed E-state index contributed by atoms with van der Waals surface area (Å²) in [5.74, 6) is 0.425. The van der Waals surface area contributed by atoms with E-state index in [9.17, 15) is 15.2 Å². The Hall–Kier alpha value is -1.22. The summed E-state index contributed by atoms with van der Waals surface area (Å²) in [5, 5.41) is 20.7. The van der Waals surface area contributed by atoms with E-state index < -0.39 is 11.0 Å². The van der Waals surface area contributed by atoms with E-state index in [1.54, 1.807) is 12.1 Å². The number of ether oxygens (including phenoxy) is 1. The first-order valence-corrected chi connectivity index (χ1v) is 7.89. The van der Waals surface area contributed by atoms with Crippen LogP contribution in [0.5, 0.6) is 0 Å². The molecule has 1 N–H and O–H groups in total. The highest BCUT2D eigenvalue weighted by molar-refractivity contribution is 8.22. The highest BCUT2D eigenvalue weighted by atomic mass is 32.2. The maximum absolute atomic E-state index is 10.6. The predicted octanol–water partition coefficient (Wildman–Crippen LogP) is 1.98. The van der Waals surface area contributed by atoms with Gasteiger partial charge in [-0.05, 0) is 17.7 Å². The minimum atomic E-state index is -0.699. The van der Waals surface area contributed by atoms with Gasteiger partial charge in [0.2, 0.25) is 0 Å². The molecule has 114 valence electrons. The summed E-state index contributed by atoms with van der Waals surface area (Å²) >= 11 is 6.74. The fourth-order valence-electron chi connectivity index (χ4n) is 1.90. The molecule has 1 heterocycles. The number of non-ortho nitro benzene ring substituents is 1. The smallest absolute Gasteiger partial charge is 0.269 e. The Balaban J connectivity index is 1.84. The third-order valence-corrected chi connectivity index (χ3v) is 4.72. The topological polar surface area (TPSA) is 75.8 Å². The quantitative estimate of drug-likeness (QED) is 0.514. The molecule has 1 fully saturated rings. The van der Waals surface area contributed by atoms with E-state index in [0.29, 0.717) is 24.5 Å². The van der Waals surface area contributed by atoms with Crippen LogP contribution in [0.25, 0.3) is 0 Å². The van der Waals surface area contributed by atoms with Gasteiger partial charge in [-0.1, -0.05) is 24.0 Å². The molecule has 0 saturated carbocycles. The van der Waals surface area contributed by atoms with Crippen LogP contribution in [0.2, 0.25) is 0 Å². The predicted molar refractivity (Wildman–Crippen MR) is 85.5 cm³/mol. The van der Waals surface area contributed by atoms with Crippen molar-refractivity contribution in [3.05, 3.63) is 39.9 Å². The number of nitro groups is 1. The van der Waals surface area contributed by atoms with E-state index in [0.717, 1.165) is 17.4 Å². The van der Waals surface area contributed by atoms with Crippen LogP contribution in [0.3, 0.4) is 0 Å². The molecule has 0 spiro atoms. The van der Waals surface area contributed by atoms with E-state index in [4.69, 9.17) is 17.0 Å². The second-order valence-electron chi connectivity index (χ2n) is 4.54. The molecule has 1 aromatic rings. The zero-order valence-corrected chi connectivity index (χ0v) is 12.9. The Morgan fingerprint density at radius 2 is 2.05 bits per heavy atom. The molecule has 0 aromatic heterocycles. The van der Waals surface area contributed by atoms with Crippen molar-refractivity contribution in [1.29, 1.82) is 0 Å². The van der Waals surface area contributed by atoms with Gasteiger partial charge in [-0.2, -0.15) is 0 Å². The van der Waals surface area contributed by atoms with Gasteiger partial charge in [-0.25, -0.2) is 0 Å². The molecule has 1 unspecified atom stereocenters. The van der Waals surface area contributed by atoms with Crippen LogP contribution in [-0.4, -0.2) is 51.3 Å². The Morgan fingerprint density at radius 1 is 1.43 bits per heavy atom. The number of rotatable bonds is 4. The summed E-state index contributed by atoms with van der Waals surface area (Å²) in [6.07, 6.45) is -0.699. The van der Waals surface area contributed by atoms with Gasteiger partial charge >= 0.3 is 0 Å². The lowest BCUT2D eigenvalue weighted by Gasteiger charge is -2.28. The number of thioether (sulfide) groups is 1. The molecule has 1 atom stereocenters. The number of aliphatic hydroxyl groups excluding tert-OH is 1. The van der Waals surface area contributed by atoms with Gasteiger partial charge in [0, 0.05) is 31.0 Å². The minimum Gasteiger partial charge on any atom is -0.388 e. The largest absolute Gasteiger partial charge is 0.388 e. The van der Waals surface area contributed by atoms with Crippen LogP contribution in [0.4, 0.5) is 5.69 Å². The van der Waals surface area contributed by atoms with Gasteiger partial charge < -0.3 is 14.7 Å². The number of nitro benzene ring substituents is 1. The van der Waals surface area contributed by atoms with Crippen LogP contribution in [0.15, 0.2) is 24.3 Å². The van der Waals surface area contributed by atoms with E-state index in [2.05, 4.69) is 4.90 Å². The minimum absolute atomic E-state index is 0.0161. The maximum atomic E-state index is 10.6. The van der Waals surface area contributed by atoms with Crippen molar-refractivity contribution in [3.63, 3.8) is 0 Å². The lowest BCUT2D eigenvalue weighted by atomic mass is 10.1. The number of benzene rings is 1. The molecule has 8 heteroatoms. The molecule has 2 rings (SSSR count). The van der Waals surface area contributed by atoms with Crippen molar-refractivity contribution in [2.75, 3.05) is 32.1 Å². The highest BCUT2D eigenvalue weighted by Gasteiger charge is 2.16. The molecule has 0 amide bonds. The van der Waals surface area contributed by atoms with Gasteiger partial charge in [0.25, 0.3) is 5.69 Å². The second kappa shape index (κ2) is 7.69. The first-order chi connectivity index (χ1) is 10.1. The standard InChI is InChI=1S/C13H16N2O4S2/c16-12(10-1-3-11(4-2-10)15(17)18)9-21-13(20)14-5-7-19-8-6-14/h1-4,12,16H,5-9H2. The molecule has 1 aliphatic heterocycles. The summed E-state index contributed by atoms with van der Waals surface area (Å²) in [7, 11) is 0. The lowest BCUT2D eigenvalue weighted by Crippen LogP contribution is -2.38. The highest BCUT2D eigenvalue weighted by Crippen LogP contribution is 2.23. The van der Waals surface area contributed by atoms with Crippen LogP contribution in [0.1, 0.15) is 11.7 Å². The van der Waals surface area contributed by atoms with Gasteiger partial charge in [0.1, 0.15) is 4.32 Å². The molecular formula is C13H16N2O4S2. The first-order valence-electron chi connectivity index (χ1n) is 6.50. The van der Waals surface area contributed by atoms with Crippen molar-refractivity contribution < 1.29 is 14.8 Å². The molecule has 0 aliphatic carbocycles. The maximum Gasteiger partial charge on any atom is 0.269 e. The monoisotopic (exact) mass is 328 g/mol. The average Bonchev–Trinajstić information content (AvgIpc) is 2.53. The molecule has 1 aromatic carbocycles. The summed E-state index contributed by atoms with van der Waals surface area (Å²) < 4.78 is 6.01. The molecule has 21 heavy (non-hydrogen) atoms. The van der Waals surface area contributed by atoms with Gasteiger partial charge in [-0.15, -0.1) is 0 Å². The Labute approximate surface area is 132 Å². The number of thiocarbonyl (C=S) groups is 1. The molecule has 1 aliphatic rings. The number of nitrogens with zero attached hydrogens (tertiary/aromatic N) is 2. The van der Waals surface area contributed by atoms with Crippen molar-refractivity contribution in [2.24, 2.45) is 0 Å². The zero-order valence-electron chi connectivity index (χ0n) is 11.3. The molecule has 0 bridgehead atoms. The summed E-state index contributed by atoms with van der Waals surface area (Å²) in [6.45, 7) is 2.90. The fraction of sp³-hybridized carbons (Fsp3) is 0.462. The second-order valence-corrected chi connectivity index (χ2v) is 6.19. The normalized spacial score (nSPS) is 16.5. The fourth-order valence-corrected chi connectivity index (χ4v) is 3.15. The van der Waals surface area contributed by atoms with Crippen molar-refractivity contribution in [1.82, 2.24) is 4.90 Å². The summed E-state index contributed by atoms with van der Waals surface area (Å²) in [4.78, 5) is 12.2. The molecular weight excluding hydrogens is 312 g/mol. The molecule has 6 nitrogen and oxygen atoms in total. The van der Waals surface area contributed by atoms with E-state index in [-0.39, 0.29) is 5.69 Å². The zero-order chi connectivity index (χ0) is 15.2. The third kappa shape index (κ3) is 4.63. The number of hydrogen-bond acceptors (Lipinski definition) is 6. The SMILES string of the molecule is O=[N+]([O-])c1ccc(C(O)CSC(=S)N2CCOCC2)cc1. The lowest BCUT2D eigenvalue weighted by molar-refractivity contribution is -0.384. The number of morpholine rings is 1. The third-order valence-electron chi connectivity index (χ3n) is 3.12. The van der Waals surface area contributed by atoms with Crippen LogP contribution < -0.4 is 0 Å². The molecule has 0 radical (unpaired) electrons.